The Labute approximate surface area is 186 Å². The Morgan fingerprint density at radius 1 is 0.844 bits per heavy atom. The molecular weight excluding hydrogens is 408 g/mol. The van der Waals surface area contributed by atoms with Crippen LogP contribution in [0.4, 0.5) is 0 Å². The third-order valence-electron chi connectivity index (χ3n) is 7.39. The second-order valence-corrected chi connectivity index (χ2v) is 9.72. The molecule has 0 atom stereocenters. The predicted octanol–water partition coefficient (Wildman–Crippen LogP) is 5.00. The van der Waals surface area contributed by atoms with Gasteiger partial charge in [0.25, 0.3) is 0 Å². The maximum absolute atomic E-state index is 12.9. The molecule has 6 nitrogen and oxygen atoms in total. The number of aromatic carboxylic acids is 1. The minimum atomic E-state index is -1.04. The number of hydrogen-bond donors (Lipinski definition) is 1. The fourth-order valence-electron chi connectivity index (χ4n) is 6.59. The van der Waals surface area contributed by atoms with Crippen LogP contribution in [0.25, 0.3) is 0 Å². The average Bonchev–Trinajstić information content (AvgIpc) is 2.73. The van der Waals surface area contributed by atoms with Gasteiger partial charge < -0.3 is 14.6 Å². The number of esters is 2. The largest absolute Gasteiger partial charge is 0.478 e. The Balaban J connectivity index is 1.46. The summed E-state index contributed by atoms with van der Waals surface area (Å²) in [5.41, 5.74) is 1.41. The number of benzene rings is 2. The van der Waals surface area contributed by atoms with Gasteiger partial charge >= 0.3 is 17.9 Å². The first-order valence-electron chi connectivity index (χ1n) is 11.2. The maximum Gasteiger partial charge on any atom is 0.343 e. The number of carbonyl (C=O) groups excluding carboxylic acids is 2. The van der Waals surface area contributed by atoms with Crippen molar-refractivity contribution in [1.29, 1.82) is 0 Å². The highest BCUT2D eigenvalue weighted by molar-refractivity contribution is 5.92. The molecule has 0 aromatic heterocycles. The van der Waals surface area contributed by atoms with Gasteiger partial charge in [-0.05, 0) is 104 Å². The lowest BCUT2D eigenvalue weighted by atomic mass is 9.48. The van der Waals surface area contributed by atoms with Gasteiger partial charge in [-0.2, -0.15) is 0 Å². The minimum Gasteiger partial charge on any atom is -0.478 e. The van der Waals surface area contributed by atoms with Crippen molar-refractivity contribution in [3.05, 3.63) is 59.2 Å². The van der Waals surface area contributed by atoms with Crippen LogP contribution < -0.4 is 9.47 Å². The van der Waals surface area contributed by atoms with Crippen molar-refractivity contribution in [3.8, 4) is 11.5 Å². The monoisotopic (exact) mass is 434 g/mol. The number of carbonyl (C=O) groups is 3. The molecule has 0 saturated heterocycles. The molecule has 6 rings (SSSR count). The zero-order valence-electron chi connectivity index (χ0n) is 18.0. The molecule has 4 fully saturated rings. The zero-order chi connectivity index (χ0) is 22.5. The van der Waals surface area contributed by atoms with Crippen LogP contribution >= 0.6 is 0 Å². The van der Waals surface area contributed by atoms with Crippen LogP contribution in [0.5, 0.6) is 11.5 Å². The van der Waals surface area contributed by atoms with E-state index in [4.69, 9.17) is 14.6 Å². The van der Waals surface area contributed by atoms with Crippen molar-refractivity contribution in [2.45, 2.75) is 50.9 Å². The summed E-state index contributed by atoms with van der Waals surface area (Å²) in [7, 11) is 0. The maximum atomic E-state index is 12.9. The Hall–Kier alpha value is -3.15. The molecule has 2 aromatic carbocycles. The smallest absolute Gasteiger partial charge is 0.343 e. The summed E-state index contributed by atoms with van der Waals surface area (Å²) >= 11 is 0. The van der Waals surface area contributed by atoms with E-state index in [1.807, 2.05) is 6.07 Å². The molecule has 4 saturated carbocycles. The lowest BCUT2D eigenvalue weighted by Crippen LogP contribution is -2.48. The summed E-state index contributed by atoms with van der Waals surface area (Å²) in [6.45, 7) is 1.40. The van der Waals surface area contributed by atoms with Gasteiger partial charge in [0.05, 0.1) is 11.1 Å². The molecule has 4 aliphatic rings. The Kier molecular flexibility index (Phi) is 5.03. The molecule has 2 aromatic rings. The lowest BCUT2D eigenvalue weighted by molar-refractivity contribution is -0.132. The molecule has 32 heavy (non-hydrogen) atoms. The van der Waals surface area contributed by atoms with Crippen molar-refractivity contribution in [2.75, 3.05) is 0 Å². The Morgan fingerprint density at radius 3 is 1.94 bits per heavy atom. The second kappa shape index (κ2) is 7.76. The number of rotatable bonds is 5. The van der Waals surface area contributed by atoms with Gasteiger partial charge in [-0.1, -0.05) is 0 Å². The third kappa shape index (κ3) is 3.78. The van der Waals surface area contributed by atoms with E-state index >= 15 is 0 Å². The zero-order valence-corrected chi connectivity index (χ0v) is 18.0. The molecule has 166 valence electrons. The SMILES string of the molecule is CC(=O)Oc1ccc(C(=O)Oc2ccc(C(=O)O)cc2)cc1C12CC3CC(CC(C3)C1)C2. The number of ether oxygens (including phenoxy) is 2. The van der Waals surface area contributed by atoms with Crippen LogP contribution in [-0.4, -0.2) is 23.0 Å². The molecule has 0 radical (unpaired) electrons. The molecule has 6 heteroatoms. The van der Waals surface area contributed by atoms with Gasteiger partial charge in [0.15, 0.2) is 0 Å². The highest BCUT2D eigenvalue weighted by Crippen LogP contribution is 2.62. The van der Waals surface area contributed by atoms with Crippen LogP contribution in [0.1, 0.15) is 71.7 Å². The first kappa shape index (κ1) is 20.7. The van der Waals surface area contributed by atoms with Crippen LogP contribution in [0.2, 0.25) is 0 Å². The van der Waals surface area contributed by atoms with E-state index in [0.717, 1.165) is 24.8 Å². The standard InChI is InChI=1S/C26H26O6/c1-15(27)31-23-7-4-20(25(30)32-21-5-2-19(3-6-21)24(28)29)11-22(23)26-12-16-8-17(13-26)10-18(9-16)14-26/h2-7,11,16-18H,8-10,12-14H2,1H3,(H,28,29). The van der Waals surface area contributed by atoms with Gasteiger partial charge in [0.1, 0.15) is 11.5 Å². The van der Waals surface area contributed by atoms with Crippen LogP contribution in [0.15, 0.2) is 42.5 Å². The van der Waals surface area contributed by atoms with Crippen molar-refractivity contribution in [2.24, 2.45) is 17.8 Å². The lowest BCUT2D eigenvalue weighted by Gasteiger charge is -2.57. The first-order valence-corrected chi connectivity index (χ1v) is 11.2. The summed E-state index contributed by atoms with van der Waals surface area (Å²) in [5.74, 6) is 1.00. The van der Waals surface area contributed by atoms with Crippen LogP contribution in [-0.2, 0) is 10.2 Å². The molecule has 0 unspecified atom stereocenters. The normalized spacial score (nSPS) is 27.7. The fraction of sp³-hybridized carbons (Fsp3) is 0.423. The van der Waals surface area contributed by atoms with Gasteiger partial charge in [0.2, 0.25) is 0 Å². The van der Waals surface area contributed by atoms with Crippen LogP contribution in [0, 0.1) is 17.8 Å². The van der Waals surface area contributed by atoms with Gasteiger partial charge in [0, 0.05) is 12.5 Å². The third-order valence-corrected chi connectivity index (χ3v) is 7.39. The van der Waals surface area contributed by atoms with E-state index in [9.17, 15) is 14.4 Å². The molecule has 1 N–H and O–H groups in total. The molecular formula is C26H26O6. The van der Waals surface area contributed by atoms with E-state index in [2.05, 4.69) is 0 Å². The van der Waals surface area contributed by atoms with E-state index in [1.54, 1.807) is 12.1 Å². The van der Waals surface area contributed by atoms with Gasteiger partial charge in [-0.3, -0.25) is 4.79 Å². The molecule has 4 aliphatic carbocycles. The minimum absolute atomic E-state index is 0.0566. The number of hydrogen-bond acceptors (Lipinski definition) is 5. The summed E-state index contributed by atoms with van der Waals surface area (Å²) in [5, 5.41) is 9.03. The quantitative estimate of drug-likeness (QED) is 0.526. The van der Waals surface area contributed by atoms with Crippen molar-refractivity contribution < 1.29 is 29.0 Å². The molecule has 0 spiro atoms. The Morgan fingerprint density at radius 2 is 1.41 bits per heavy atom. The van der Waals surface area contributed by atoms with Gasteiger partial charge in [-0.25, -0.2) is 9.59 Å². The van der Waals surface area contributed by atoms with Crippen molar-refractivity contribution in [1.82, 2.24) is 0 Å². The van der Waals surface area contributed by atoms with E-state index in [1.165, 1.54) is 50.5 Å². The van der Waals surface area contributed by atoms with Crippen molar-refractivity contribution in [3.63, 3.8) is 0 Å². The van der Waals surface area contributed by atoms with E-state index < -0.39 is 11.9 Å². The van der Waals surface area contributed by atoms with E-state index in [-0.39, 0.29) is 22.7 Å². The van der Waals surface area contributed by atoms with Gasteiger partial charge in [-0.15, -0.1) is 0 Å². The van der Waals surface area contributed by atoms with E-state index in [0.29, 0.717) is 29.1 Å². The Bertz CT molecular complexity index is 1050. The second-order valence-electron chi connectivity index (χ2n) is 9.72. The first-order chi connectivity index (χ1) is 15.3. The fourth-order valence-corrected chi connectivity index (χ4v) is 6.59. The molecule has 0 heterocycles. The predicted molar refractivity (Wildman–Crippen MR) is 116 cm³/mol. The molecule has 0 aliphatic heterocycles. The summed E-state index contributed by atoms with van der Waals surface area (Å²) in [4.78, 5) is 35.7. The van der Waals surface area contributed by atoms with Crippen molar-refractivity contribution >= 4 is 17.9 Å². The topological polar surface area (TPSA) is 89.9 Å². The highest BCUT2D eigenvalue weighted by Gasteiger charge is 2.52. The summed E-state index contributed by atoms with van der Waals surface area (Å²) in [6, 6.07) is 10.9. The highest BCUT2D eigenvalue weighted by atomic mass is 16.5. The average molecular weight is 434 g/mol. The summed E-state index contributed by atoms with van der Waals surface area (Å²) in [6.07, 6.45) is 7.08. The number of carboxylic acids is 1. The van der Waals surface area contributed by atoms with Crippen LogP contribution in [0.3, 0.4) is 0 Å². The summed E-state index contributed by atoms with van der Waals surface area (Å²) < 4.78 is 11.1. The molecule has 0 amide bonds. The molecule has 4 bridgehead atoms. The number of carboxylic acid groups (broad SMARTS) is 1.